The molecule has 1 aliphatic carbocycles. The summed E-state index contributed by atoms with van der Waals surface area (Å²) in [5.41, 5.74) is 0. The van der Waals surface area contributed by atoms with Crippen molar-refractivity contribution in [3.8, 4) is 0 Å². The summed E-state index contributed by atoms with van der Waals surface area (Å²) in [6, 6.07) is 0.181. The van der Waals surface area contributed by atoms with Crippen LogP contribution < -0.4 is 0 Å². The third kappa shape index (κ3) is 2.08. The van der Waals surface area contributed by atoms with Crippen LogP contribution in [0.2, 0.25) is 0 Å². The largest absolute Gasteiger partial charge is 0.334 e. The zero-order valence-electron chi connectivity index (χ0n) is 10.0. The fraction of sp³-hybridized carbons (Fsp3) is 0.727. The van der Waals surface area contributed by atoms with Crippen LogP contribution in [-0.4, -0.2) is 38.6 Å². The van der Waals surface area contributed by atoms with Crippen LogP contribution in [0, 0.1) is 0 Å². The highest BCUT2D eigenvalue weighted by atomic mass is 16.2. The molecular formula is C11H18N4O. The number of rotatable bonds is 4. The topological polar surface area (TPSA) is 61.9 Å². The Kier molecular flexibility index (Phi) is 2.94. The van der Waals surface area contributed by atoms with Gasteiger partial charge in [0.25, 0.3) is 5.91 Å². The molecule has 1 heterocycles. The van der Waals surface area contributed by atoms with E-state index in [4.69, 9.17) is 0 Å². The minimum Gasteiger partial charge on any atom is -0.334 e. The maximum atomic E-state index is 12.1. The van der Waals surface area contributed by atoms with Crippen molar-refractivity contribution < 1.29 is 4.79 Å². The highest BCUT2D eigenvalue weighted by Crippen LogP contribution is 2.37. The molecule has 5 nitrogen and oxygen atoms in total. The number of hydrogen-bond donors (Lipinski definition) is 1. The van der Waals surface area contributed by atoms with Gasteiger partial charge >= 0.3 is 0 Å². The third-order valence-corrected chi connectivity index (χ3v) is 2.88. The van der Waals surface area contributed by atoms with Crippen LogP contribution in [0.4, 0.5) is 0 Å². The fourth-order valence-corrected chi connectivity index (χ4v) is 1.78. The first-order chi connectivity index (χ1) is 7.63. The lowest BCUT2D eigenvalue weighted by Gasteiger charge is -2.23. The molecule has 1 aromatic rings. The molecule has 1 N–H and O–H groups in total. The van der Waals surface area contributed by atoms with E-state index < -0.39 is 0 Å². The molecule has 2 rings (SSSR count). The average molecular weight is 222 g/mol. The van der Waals surface area contributed by atoms with Crippen molar-refractivity contribution in [3.63, 3.8) is 0 Å². The fourth-order valence-electron chi connectivity index (χ4n) is 1.78. The molecule has 0 spiro atoms. The lowest BCUT2D eigenvalue weighted by Crippen LogP contribution is -2.37. The monoisotopic (exact) mass is 222 g/mol. The molecule has 0 aromatic carbocycles. The van der Waals surface area contributed by atoms with Crippen LogP contribution in [-0.2, 0) is 0 Å². The number of nitrogens with one attached hydrogen (secondary N) is 1. The van der Waals surface area contributed by atoms with Crippen molar-refractivity contribution in [1.29, 1.82) is 0 Å². The number of aromatic nitrogens is 3. The van der Waals surface area contributed by atoms with E-state index in [1.165, 1.54) is 0 Å². The number of H-pyrrole nitrogens is 1. The van der Waals surface area contributed by atoms with Gasteiger partial charge in [-0.15, -0.1) is 5.10 Å². The predicted octanol–water partition coefficient (Wildman–Crippen LogP) is 1.55. The molecular weight excluding hydrogens is 204 g/mol. The Balaban J connectivity index is 2.12. The zero-order chi connectivity index (χ0) is 11.7. The molecule has 0 atom stereocenters. The molecule has 1 fully saturated rings. The Labute approximate surface area is 95.2 Å². The second kappa shape index (κ2) is 4.23. The summed E-state index contributed by atoms with van der Waals surface area (Å²) >= 11 is 0. The number of nitrogens with zero attached hydrogens (tertiary/aromatic N) is 3. The Morgan fingerprint density at radius 1 is 1.56 bits per heavy atom. The highest BCUT2D eigenvalue weighted by molar-refractivity contribution is 5.90. The summed E-state index contributed by atoms with van der Waals surface area (Å²) < 4.78 is 0. The molecule has 0 unspecified atom stereocenters. The number of carbonyl (C=O) groups excluding carboxylic acids is 1. The quantitative estimate of drug-likeness (QED) is 0.840. The number of carbonyl (C=O) groups is 1. The zero-order valence-corrected chi connectivity index (χ0v) is 10.0. The van der Waals surface area contributed by atoms with Gasteiger partial charge in [-0.2, -0.15) is 0 Å². The van der Waals surface area contributed by atoms with Crippen molar-refractivity contribution in [3.05, 3.63) is 11.6 Å². The van der Waals surface area contributed by atoms with Crippen molar-refractivity contribution in [2.75, 3.05) is 6.54 Å². The Morgan fingerprint density at radius 3 is 2.75 bits per heavy atom. The predicted molar refractivity (Wildman–Crippen MR) is 60.2 cm³/mol. The van der Waals surface area contributed by atoms with Gasteiger partial charge in [0.2, 0.25) is 5.82 Å². The number of amides is 1. The van der Waals surface area contributed by atoms with Gasteiger partial charge in [-0.25, -0.2) is 4.98 Å². The Morgan fingerprint density at radius 2 is 2.25 bits per heavy atom. The second-order valence-electron chi connectivity index (χ2n) is 4.50. The summed E-state index contributed by atoms with van der Waals surface area (Å²) in [5.74, 6) is 1.59. The molecule has 5 heteroatoms. The molecule has 1 saturated carbocycles. The highest BCUT2D eigenvalue weighted by Gasteiger charge is 2.29. The van der Waals surface area contributed by atoms with Crippen LogP contribution >= 0.6 is 0 Å². The molecule has 1 aromatic heterocycles. The molecule has 88 valence electrons. The standard InChI is InChI=1S/C11H18N4O/c1-4-15(7(2)3)11(16)10-12-9(13-14-10)8-5-6-8/h7-8H,4-6H2,1-3H3,(H,12,13,14). The van der Waals surface area contributed by atoms with E-state index in [2.05, 4.69) is 15.2 Å². The van der Waals surface area contributed by atoms with Crippen LogP contribution in [0.5, 0.6) is 0 Å². The third-order valence-electron chi connectivity index (χ3n) is 2.88. The van der Waals surface area contributed by atoms with E-state index in [0.717, 1.165) is 18.7 Å². The first-order valence-electron chi connectivity index (χ1n) is 5.86. The van der Waals surface area contributed by atoms with Gasteiger partial charge in [-0.05, 0) is 33.6 Å². The van der Waals surface area contributed by atoms with Gasteiger partial charge in [-0.3, -0.25) is 9.89 Å². The van der Waals surface area contributed by atoms with Gasteiger partial charge in [0.15, 0.2) is 0 Å². The summed E-state index contributed by atoms with van der Waals surface area (Å²) in [6.45, 7) is 6.64. The van der Waals surface area contributed by atoms with E-state index >= 15 is 0 Å². The van der Waals surface area contributed by atoms with E-state index in [1.807, 2.05) is 20.8 Å². The van der Waals surface area contributed by atoms with Gasteiger partial charge in [0.1, 0.15) is 5.82 Å². The van der Waals surface area contributed by atoms with Crippen molar-refractivity contribution in [2.45, 2.75) is 45.6 Å². The Hall–Kier alpha value is -1.39. The van der Waals surface area contributed by atoms with E-state index in [-0.39, 0.29) is 11.9 Å². The van der Waals surface area contributed by atoms with Gasteiger partial charge in [0, 0.05) is 18.5 Å². The van der Waals surface area contributed by atoms with E-state index in [0.29, 0.717) is 18.3 Å². The summed E-state index contributed by atoms with van der Waals surface area (Å²) in [4.78, 5) is 18.1. The molecule has 1 amide bonds. The van der Waals surface area contributed by atoms with Crippen LogP contribution in [0.15, 0.2) is 0 Å². The van der Waals surface area contributed by atoms with E-state index in [1.54, 1.807) is 4.90 Å². The summed E-state index contributed by atoms with van der Waals surface area (Å²) in [7, 11) is 0. The second-order valence-corrected chi connectivity index (χ2v) is 4.50. The first-order valence-corrected chi connectivity index (χ1v) is 5.86. The number of hydrogen-bond acceptors (Lipinski definition) is 3. The molecule has 0 radical (unpaired) electrons. The maximum absolute atomic E-state index is 12.1. The normalized spacial score (nSPS) is 15.5. The SMILES string of the molecule is CCN(C(=O)c1n[nH]c(C2CC2)n1)C(C)C. The molecule has 16 heavy (non-hydrogen) atoms. The molecule has 1 aliphatic rings. The van der Waals surface area contributed by atoms with Gasteiger partial charge in [0.05, 0.1) is 0 Å². The lowest BCUT2D eigenvalue weighted by atomic mass is 10.3. The van der Waals surface area contributed by atoms with Crippen molar-refractivity contribution >= 4 is 5.91 Å². The summed E-state index contributed by atoms with van der Waals surface area (Å²) in [6.07, 6.45) is 2.31. The van der Waals surface area contributed by atoms with Gasteiger partial charge < -0.3 is 4.90 Å². The molecule has 0 bridgehead atoms. The maximum Gasteiger partial charge on any atom is 0.293 e. The van der Waals surface area contributed by atoms with Gasteiger partial charge in [-0.1, -0.05) is 0 Å². The Bertz CT molecular complexity index is 381. The minimum atomic E-state index is -0.0827. The minimum absolute atomic E-state index is 0.0827. The van der Waals surface area contributed by atoms with Crippen molar-refractivity contribution in [2.24, 2.45) is 0 Å². The van der Waals surface area contributed by atoms with Crippen LogP contribution in [0.3, 0.4) is 0 Å². The lowest BCUT2D eigenvalue weighted by molar-refractivity contribution is 0.0704. The van der Waals surface area contributed by atoms with Crippen LogP contribution in [0.1, 0.15) is 56.0 Å². The van der Waals surface area contributed by atoms with Crippen LogP contribution in [0.25, 0.3) is 0 Å². The first kappa shape index (κ1) is 11.1. The molecule has 0 saturated heterocycles. The smallest absolute Gasteiger partial charge is 0.293 e. The van der Waals surface area contributed by atoms with Crippen molar-refractivity contribution in [1.82, 2.24) is 20.1 Å². The molecule has 0 aliphatic heterocycles. The van der Waals surface area contributed by atoms with E-state index in [9.17, 15) is 4.79 Å². The number of aromatic amines is 1. The average Bonchev–Trinajstić information content (AvgIpc) is 2.97. The summed E-state index contributed by atoms with van der Waals surface area (Å²) in [5, 5.41) is 6.86.